The van der Waals surface area contributed by atoms with Crippen LogP contribution in [0.5, 0.6) is 0 Å². The number of carbonyl (C=O) groups excluding carboxylic acids is 1. The van der Waals surface area contributed by atoms with Gasteiger partial charge in [-0.05, 0) is 49.3 Å². The second-order valence-corrected chi connectivity index (χ2v) is 5.74. The molecule has 4 heteroatoms. The zero-order chi connectivity index (χ0) is 13.8. The van der Waals surface area contributed by atoms with Gasteiger partial charge in [0, 0.05) is 31.0 Å². The van der Waals surface area contributed by atoms with E-state index >= 15 is 0 Å². The van der Waals surface area contributed by atoms with E-state index in [1.165, 1.54) is 12.8 Å². The van der Waals surface area contributed by atoms with Gasteiger partial charge in [0.2, 0.25) is 0 Å². The number of allylic oxidation sites excluding steroid dienone is 2. The Morgan fingerprint density at radius 1 is 1.20 bits per heavy atom. The first-order chi connectivity index (χ1) is 9.83. The highest BCUT2D eigenvalue weighted by Crippen LogP contribution is 2.42. The molecule has 2 aliphatic carbocycles. The average Bonchev–Trinajstić information content (AvgIpc) is 3.10. The van der Waals surface area contributed by atoms with Crippen LogP contribution in [-0.2, 0) is 0 Å². The van der Waals surface area contributed by atoms with Crippen molar-refractivity contribution in [3.8, 4) is 0 Å². The molecule has 4 nitrogen and oxygen atoms in total. The molecule has 1 amide bonds. The molecule has 0 aromatic carbocycles. The zero-order valence-electron chi connectivity index (χ0n) is 11.6. The van der Waals surface area contributed by atoms with E-state index < -0.39 is 0 Å². The Balaban J connectivity index is 1.31. The van der Waals surface area contributed by atoms with Crippen molar-refractivity contribution < 1.29 is 4.79 Å². The summed E-state index contributed by atoms with van der Waals surface area (Å²) in [5, 5.41) is 6.37. The number of hydrogen-bond donors (Lipinski definition) is 2. The molecule has 3 rings (SSSR count). The van der Waals surface area contributed by atoms with Gasteiger partial charge < -0.3 is 10.6 Å². The van der Waals surface area contributed by atoms with Crippen molar-refractivity contribution in [2.24, 2.45) is 17.8 Å². The highest BCUT2D eigenvalue weighted by Gasteiger charge is 2.34. The lowest BCUT2D eigenvalue weighted by molar-refractivity contribution is 0.0953. The zero-order valence-corrected chi connectivity index (χ0v) is 11.6. The lowest BCUT2D eigenvalue weighted by Gasteiger charge is -2.18. The van der Waals surface area contributed by atoms with Gasteiger partial charge in [-0.1, -0.05) is 12.2 Å². The quantitative estimate of drug-likeness (QED) is 0.610. The summed E-state index contributed by atoms with van der Waals surface area (Å²) in [7, 11) is 0. The summed E-state index contributed by atoms with van der Waals surface area (Å²) in [6.07, 6.45) is 10.7. The minimum Gasteiger partial charge on any atom is -0.351 e. The van der Waals surface area contributed by atoms with Crippen LogP contribution in [0.3, 0.4) is 0 Å². The monoisotopic (exact) mass is 271 g/mol. The molecule has 1 heterocycles. The molecule has 1 aromatic rings. The molecule has 0 saturated heterocycles. The Labute approximate surface area is 119 Å². The number of fused-ring (bicyclic) bond motifs is 2. The summed E-state index contributed by atoms with van der Waals surface area (Å²) >= 11 is 0. The number of aromatic nitrogens is 1. The first-order valence-electron chi connectivity index (χ1n) is 7.40. The second-order valence-electron chi connectivity index (χ2n) is 5.74. The third-order valence-corrected chi connectivity index (χ3v) is 4.35. The van der Waals surface area contributed by atoms with Crippen LogP contribution in [0.2, 0.25) is 0 Å². The van der Waals surface area contributed by atoms with Crippen LogP contribution < -0.4 is 10.6 Å². The molecule has 0 spiro atoms. The fraction of sp³-hybridized carbons (Fsp3) is 0.500. The van der Waals surface area contributed by atoms with Crippen molar-refractivity contribution in [3.63, 3.8) is 0 Å². The Morgan fingerprint density at radius 3 is 2.75 bits per heavy atom. The summed E-state index contributed by atoms with van der Waals surface area (Å²) < 4.78 is 0. The van der Waals surface area contributed by atoms with E-state index in [2.05, 4.69) is 27.8 Å². The van der Waals surface area contributed by atoms with Crippen molar-refractivity contribution in [1.29, 1.82) is 0 Å². The number of amides is 1. The lowest BCUT2D eigenvalue weighted by Crippen LogP contribution is -2.34. The Morgan fingerprint density at radius 2 is 2.05 bits per heavy atom. The van der Waals surface area contributed by atoms with E-state index in [0.29, 0.717) is 12.1 Å². The van der Waals surface area contributed by atoms with Crippen LogP contribution in [0.4, 0.5) is 0 Å². The molecular formula is C16H21N3O. The molecule has 2 aliphatic rings. The van der Waals surface area contributed by atoms with Crippen LogP contribution in [0.15, 0.2) is 36.7 Å². The largest absolute Gasteiger partial charge is 0.351 e. The maximum atomic E-state index is 11.8. The van der Waals surface area contributed by atoms with Crippen molar-refractivity contribution >= 4 is 5.91 Å². The van der Waals surface area contributed by atoms with E-state index in [-0.39, 0.29) is 5.91 Å². The van der Waals surface area contributed by atoms with Gasteiger partial charge in [0.15, 0.2) is 0 Å². The minimum absolute atomic E-state index is 0.0305. The maximum Gasteiger partial charge on any atom is 0.251 e. The highest BCUT2D eigenvalue weighted by atomic mass is 16.1. The van der Waals surface area contributed by atoms with Crippen LogP contribution in [0.1, 0.15) is 23.2 Å². The number of pyridine rings is 1. The molecule has 1 saturated carbocycles. The van der Waals surface area contributed by atoms with E-state index in [0.717, 1.165) is 30.8 Å². The summed E-state index contributed by atoms with van der Waals surface area (Å²) in [6, 6.07) is 3.45. The number of hydrogen-bond acceptors (Lipinski definition) is 3. The molecule has 20 heavy (non-hydrogen) atoms. The van der Waals surface area contributed by atoms with Gasteiger partial charge in [-0.2, -0.15) is 0 Å². The fourth-order valence-corrected chi connectivity index (χ4v) is 3.29. The lowest BCUT2D eigenvalue weighted by atomic mass is 9.94. The van der Waals surface area contributed by atoms with Crippen molar-refractivity contribution in [2.45, 2.75) is 12.8 Å². The fourth-order valence-electron chi connectivity index (χ4n) is 3.29. The topological polar surface area (TPSA) is 54.0 Å². The molecule has 3 unspecified atom stereocenters. The molecule has 1 aromatic heterocycles. The first kappa shape index (κ1) is 13.3. The third kappa shape index (κ3) is 3.07. The number of carbonyl (C=O) groups is 1. The van der Waals surface area contributed by atoms with Crippen LogP contribution in [-0.4, -0.2) is 30.5 Å². The van der Waals surface area contributed by atoms with Crippen molar-refractivity contribution in [1.82, 2.24) is 15.6 Å². The van der Waals surface area contributed by atoms with E-state index in [9.17, 15) is 4.79 Å². The van der Waals surface area contributed by atoms with E-state index in [4.69, 9.17) is 0 Å². The standard InChI is InChI=1S/C16H21N3O/c20-16(13-3-5-17-6-4-13)19-8-7-18-11-15-10-12-1-2-14(15)9-12/h1-6,12,14-15,18H,7-11H2,(H,19,20). The number of nitrogens with one attached hydrogen (secondary N) is 2. The summed E-state index contributed by atoms with van der Waals surface area (Å²) in [5.74, 6) is 2.38. The summed E-state index contributed by atoms with van der Waals surface area (Å²) in [4.78, 5) is 15.7. The van der Waals surface area contributed by atoms with Crippen LogP contribution >= 0.6 is 0 Å². The number of nitrogens with zero attached hydrogens (tertiary/aromatic N) is 1. The first-order valence-corrected chi connectivity index (χ1v) is 7.40. The van der Waals surface area contributed by atoms with Gasteiger partial charge >= 0.3 is 0 Å². The minimum atomic E-state index is -0.0305. The smallest absolute Gasteiger partial charge is 0.251 e. The maximum absolute atomic E-state index is 11.8. The Bertz CT molecular complexity index is 486. The van der Waals surface area contributed by atoms with Crippen molar-refractivity contribution in [2.75, 3.05) is 19.6 Å². The van der Waals surface area contributed by atoms with Gasteiger partial charge in [0.25, 0.3) is 5.91 Å². The van der Waals surface area contributed by atoms with E-state index in [1.54, 1.807) is 24.5 Å². The van der Waals surface area contributed by atoms with Crippen molar-refractivity contribution in [3.05, 3.63) is 42.2 Å². The SMILES string of the molecule is O=C(NCCNCC1CC2C=CC1C2)c1ccncc1. The third-order valence-electron chi connectivity index (χ3n) is 4.35. The molecule has 106 valence electrons. The average molecular weight is 271 g/mol. The van der Waals surface area contributed by atoms with Gasteiger partial charge in [-0.25, -0.2) is 0 Å². The van der Waals surface area contributed by atoms with Crippen LogP contribution in [0.25, 0.3) is 0 Å². The van der Waals surface area contributed by atoms with Gasteiger partial charge in [-0.15, -0.1) is 0 Å². The Hall–Kier alpha value is -1.68. The normalized spacial score (nSPS) is 26.9. The van der Waals surface area contributed by atoms with Gasteiger partial charge in [-0.3, -0.25) is 9.78 Å². The Kier molecular flexibility index (Phi) is 4.11. The van der Waals surface area contributed by atoms with E-state index in [1.807, 2.05) is 0 Å². The summed E-state index contributed by atoms with van der Waals surface area (Å²) in [5.41, 5.74) is 0.665. The molecule has 0 aliphatic heterocycles. The molecule has 2 N–H and O–H groups in total. The highest BCUT2D eigenvalue weighted by molar-refractivity contribution is 5.93. The molecule has 1 fully saturated rings. The predicted molar refractivity (Wildman–Crippen MR) is 78.3 cm³/mol. The predicted octanol–water partition coefficient (Wildman–Crippen LogP) is 1.61. The van der Waals surface area contributed by atoms with Gasteiger partial charge in [0.05, 0.1) is 0 Å². The molecule has 0 radical (unpaired) electrons. The summed E-state index contributed by atoms with van der Waals surface area (Å²) in [6.45, 7) is 2.56. The molecule has 3 atom stereocenters. The molecular weight excluding hydrogens is 250 g/mol. The van der Waals surface area contributed by atoms with Crippen LogP contribution in [0, 0.1) is 17.8 Å². The number of rotatable bonds is 6. The molecule has 2 bridgehead atoms. The van der Waals surface area contributed by atoms with Gasteiger partial charge in [0.1, 0.15) is 0 Å². The second kappa shape index (κ2) is 6.18.